The summed E-state index contributed by atoms with van der Waals surface area (Å²) in [6, 6.07) is 7.65. The first-order valence-electron chi connectivity index (χ1n) is 2.91. The van der Waals surface area contributed by atoms with Gasteiger partial charge in [-0.3, -0.25) is 0 Å². The van der Waals surface area contributed by atoms with Crippen LogP contribution in [-0.4, -0.2) is 4.98 Å². The van der Waals surface area contributed by atoms with Gasteiger partial charge in [0.15, 0.2) is 0 Å². The number of fused-ring (bicyclic) bond motifs is 1. The van der Waals surface area contributed by atoms with Gasteiger partial charge in [0.05, 0.1) is 10.2 Å². The van der Waals surface area contributed by atoms with Crippen molar-refractivity contribution in [2.75, 3.05) is 0 Å². The van der Waals surface area contributed by atoms with Crippen molar-refractivity contribution in [2.45, 2.75) is 0 Å². The molecule has 2 rings (SSSR count). The van der Waals surface area contributed by atoms with Gasteiger partial charge < -0.3 is 0 Å². The minimum Gasteiger partial charge on any atom is -0.217 e. The fraction of sp³-hybridized carbons (Fsp3) is 0. The Morgan fingerprint density at radius 2 is 2.10 bits per heavy atom. The van der Waals surface area contributed by atoms with Crippen LogP contribution < -0.4 is 5.73 Å². The first-order valence-corrected chi connectivity index (χ1v) is 3.72. The number of nitrogens with zero attached hydrogens (tertiary/aromatic N) is 2. The highest BCUT2D eigenvalue weighted by Gasteiger charge is 1.98. The number of aromatic nitrogens is 1. The van der Waals surface area contributed by atoms with E-state index in [1.54, 1.807) is 0 Å². The lowest BCUT2D eigenvalue weighted by Crippen LogP contribution is -1.64. The summed E-state index contributed by atoms with van der Waals surface area (Å²) in [5.41, 5.74) is 9.83. The molecule has 48 valence electrons. The van der Waals surface area contributed by atoms with E-state index in [9.17, 15) is 0 Å². The number of thiazole rings is 1. The third-order valence-corrected chi connectivity index (χ3v) is 2.12. The van der Waals surface area contributed by atoms with Crippen molar-refractivity contribution in [3.8, 4) is 0 Å². The molecule has 3 heteroatoms. The molecule has 0 spiro atoms. The first-order chi connectivity index (χ1) is 4.86. The van der Waals surface area contributed by atoms with Crippen LogP contribution in [-0.2, 0) is 0 Å². The predicted octanol–water partition coefficient (Wildman–Crippen LogP) is 2.00. The molecule has 0 aliphatic heterocycles. The van der Waals surface area contributed by atoms with Crippen LogP contribution in [0.15, 0.2) is 24.3 Å². The van der Waals surface area contributed by atoms with Crippen molar-refractivity contribution in [3.05, 3.63) is 24.3 Å². The second kappa shape index (κ2) is 1.95. The fourth-order valence-electron chi connectivity index (χ4n) is 0.860. The van der Waals surface area contributed by atoms with E-state index in [0.717, 1.165) is 10.2 Å². The van der Waals surface area contributed by atoms with E-state index in [2.05, 4.69) is 4.98 Å². The van der Waals surface area contributed by atoms with Crippen LogP contribution in [0.3, 0.4) is 0 Å². The summed E-state index contributed by atoms with van der Waals surface area (Å²) in [5.74, 6) is 0. The first kappa shape index (κ1) is 5.68. The van der Waals surface area contributed by atoms with E-state index in [1.807, 2.05) is 24.3 Å². The minimum absolute atomic E-state index is 0.140. The maximum Gasteiger partial charge on any atom is 0.231 e. The summed E-state index contributed by atoms with van der Waals surface area (Å²) < 4.78 is 1.03. The molecule has 2 aromatic rings. The number of rotatable bonds is 0. The summed E-state index contributed by atoms with van der Waals surface area (Å²) in [6.07, 6.45) is 0. The Kier molecular flexibility index (Phi) is 1.11. The molecule has 0 aliphatic rings. The van der Waals surface area contributed by atoms with Gasteiger partial charge >= 0.3 is 0 Å². The predicted molar refractivity (Wildman–Crippen MR) is 41.4 cm³/mol. The molecule has 2 nitrogen and oxygen atoms in total. The van der Waals surface area contributed by atoms with Crippen molar-refractivity contribution in [1.82, 2.24) is 10.7 Å². The van der Waals surface area contributed by atoms with Crippen LogP contribution >= 0.6 is 11.3 Å². The molecule has 0 fully saturated rings. The zero-order chi connectivity index (χ0) is 6.97. The largest absolute Gasteiger partial charge is 0.231 e. The lowest BCUT2D eigenvalue weighted by molar-refractivity contribution is 1.38. The number of hydrogen-bond donors (Lipinski definition) is 0. The highest BCUT2D eigenvalue weighted by atomic mass is 32.1. The Morgan fingerprint density at radius 3 is 2.90 bits per heavy atom. The molecule has 1 aromatic heterocycles. The van der Waals surface area contributed by atoms with Crippen LogP contribution in [0.25, 0.3) is 10.2 Å². The monoisotopic (exact) mass is 148 g/mol. The molecule has 1 heterocycles. The Bertz CT molecular complexity index is 320. The SMILES string of the molecule is [N]c1nc2ccccc2s1. The van der Waals surface area contributed by atoms with Crippen LogP contribution in [0, 0.1) is 0 Å². The van der Waals surface area contributed by atoms with E-state index >= 15 is 0 Å². The van der Waals surface area contributed by atoms with Crippen molar-refractivity contribution < 1.29 is 0 Å². The molecule has 0 aliphatic carbocycles. The quantitative estimate of drug-likeness (QED) is 0.562. The zero-order valence-electron chi connectivity index (χ0n) is 5.11. The van der Waals surface area contributed by atoms with Crippen molar-refractivity contribution in [1.29, 1.82) is 0 Å². The third kappa shape index (κ3) is 0.752. The lowest BCUT2D eigenvalue weighted by atomic mass is 10.3. The Morgan fingerprint density at radius 1 is 1.30 bits per heavy atom. The Labute approximate surface area is 62.3 Å². The normalized spacial score (nSPS) is 10.4. The van der Waals surface area contributed by atoms with E-state index in [0.29, 0.717) is 0 Å². The number of para-hydroxylation sites is 1. The Balaban J connectivity index is 2.88. The van der Waals surface area contributed by atoms with Gasteiger partial charge in [-0.25, -0.2) is 4.98 Å². The maximum absolute atomic E-state index is 8.96. The highest BCUT2D eigenvalue weighted by molar-refractivity contribution is 7.21. The van der Waals surface area contributed by atoms with Crippen LogP contribution in [0.4, 0.5) is 5.13 Å². The third-order valence-electron chi connectivity index (χ3n) is 1.28. The molecule has 0 saturated carbocycles. The van der Waals surface area contributed by atoms with Gasteiger partial charge in [0.25, 0.3) is 0 Å². The van der Waals surface area contributed by atoms with Gasteiger partial charge in [-0.2, -0.15) is 0 Å². The number of benzene rings is 1. The molecule has 1 aromatic carbocycles. The van der Waals surface area contributed by atoms with Gasteiger partial charge in [0, 0.05) is 0 Å². The second-order valence-corrected chi connectivity index (χ2v) is 2.97. The van der Waals surface area contributed by atoms with Gasteiger partial charge in [0.1, 0.15) is 0 Å². The average Bonchev–Trinajstić information content (AvgIpc) is 2.27. The van der Waals surface area contributed by atoms with Gasteiger partial charge in [-0.1, -0.05) is 23.5 Å². The molecular weight excluding hydrogens is 144 g/mol. The summed E-state index contributed by atoms with van der Waals surface area (Å²) in [6.45, 7) is 0. The van der Waals surface area contributed by atoms with E-state index < -0.39 is 0 Å². The maximum atomic E-state index is 8.96. The Hall–Kier alpha value is -1.09. The van der Waals surface area contributed by atoms with Crippen molar-refractivity contribution in [2.24, 2.45) is 0 Å². The smallest absolute Gasteiger partial charge is 0.217 e. The van der Waals surface area contributed by atoms with E-state index in [1.165, 1.54) is 11.3 Å². The average molecular weight is 148 g/mol. The van der Waals surface area contributed by atoms with Gasteiger partial charge in [-0.05, 0) is 12.1 Å². The molecule has 0 unspecified atom stereocenters. The van der Waals surface area contributed by atoms with Gasteiger partial charge in [0.2, 0.25) is 5.13 Å². The van der Waals surface area contributed by atoms with Crippen molar-refractivity contribution >= 4 is 26.7 Å². The van der Waals surface area contributed by atoms with Gasteiger partial charge in [-0.15, -0.1) is 5.73 Å². The van der Waals surface area contributed by atoms with Crippen LogP contribution in [0.5, 0.6) is 0 Å². The molecule has 0 bridgehead atoms. The molecule has 0 amide bonds. The molecule has 0 atom stereocenters. The van der Waals surface area contributed by atoms with E-state index in [4.69, 9.17) is 5.73 Å². The highest BCUT2D eigenvalue weighted by Crippen LogP contribution is 2.23. The topological polar surface area (TPSA) is 35.2 Å². The van der Waals surface area contributed by atoms with Crippen LogP contribution in [0.1, 0.15) is 0 Å². The van der Waals surface area contributed by atoms with E-state index in [-0.39, 0.29) is 5.13 Å². The standard InChI is InChI=1S/C7H4N2S/c8-7-9-5-3-1-2-4-6(5)10-7/h1-4H. The lowest BCUT2D eigenvalue weighted by Gasteiger charge is -1.80. The molecule has 0 N–H and O–H groups in total. The summed E-state index contributed by atoms with van der Waals surface area (Å²) in [7, 11) is 0. The summed E-state index contributed by atoms with van der Waals surface area (Å²) in [4.78, 5) is 3.89. The minimum atomic E-state index is 0.140. The molecule has 0 saturated heterocycles. The van der Waals surface area contributed by atoms with Crippen molar-refractivity contribution in [3.63, 3.8) is 0 Å². The zero-order valence-corrected chi connectivity index (χ0v) is 5.93. The fourth-order valence-corrected chi connectivity index (χ4v) is 1.57. The molecule has 10 heavy (non-hydrogen) atoms. The second-order valence-electron chi connectivity index (χ2n) is 1.96. The molecular formula is C7H4N2S. The summed E-state index contributed by atoms with van der Waals surface area (Å²) in [5, 5.41) is 0.140. The molecule has 2 radical (unpaired) electrons. The summed E-state index contributed by atoms with van der Waals surface area (Å²) >= 11 is 1.30. The number of hydrogen-bond acceptors (Lipinski definition) is 2. The van der Waals surface area contributed by atoms with Crippen LogP contribution in [0.2, 0.25) is 0 Å².